The minimum Gasteiger partial charge on any atom is -0.380 e. The Morgan fingerprint density at radius 3 is 2.64 bits per heavy atom. The Bertz CT molecular complexity index is 645. The van der Waals surface area contributed by atoms with E-state index in [0.717, 1.165) is 11.3 Å². The number of methoxy groups -OCH3 is 1. The van der Waals surface area contributed by atoms with Gasteiger partial charge in [-0.05, 0) is 29.8 Å². The van der Waals surface area contributed by atoms with Crippen molar-refractivity contribution in [3.63, 3.8) is 0 Å². The van der Waals surface area contributed by atoms with Crippen molar-refractivity contribution in [3.05, 3.63) is 65.7 Å². The van der Waals surface area contributed by atoms with Gasteiger partial charge in [-0.25, -0.2) is 4.39 Å². The van der Waals surface area contributed by atoms with Crippen molar-refractivity contribution in [1.29, 1.82) is 0 Å². The molecule has 1 atom stereocenters. The molecular weight excluding hydrogens is 321 g/mol. The van der Waals surface area contributed by atoms with Crippen LogP contribution in [0.3, 0.4) is 0 Å². The van der Waals surface area contributed by atoms with Crippen LogP contribution in [-0.2, 0) is 22.5 Å². The molecule has 0 fully saturated rings. The van der Waals surface area contributed by atoms with Crippen LogP contribution in [-0.4, -0.2) is 42.1 Å². The zero-order chi connectivity index (χ0) is 18.1. The molecule has 25 heavy (non-hydrogen) atoms. The van der Waals surface area contributed by atoms with E-state index in [-0.39, 0.29) is 30.8 Å². The minimum absolute atomic E-state index is 0.0439. The molecule has 1 aromatic heterocycles. The van der Waals surface area contributed by atoms with Gasteiger partial charge in [0.1, 0.15) is 5.82 Å². The van der Waals surface area contributed by atoms with Gasteiger partial charge in [-0.2, -0.15) is 0 Å². The summed E-state index contributed by atoms with van der Waals surface area (Å²) in [5.74, 6) is -0.338. The monoisotopic (exact) mass is 345 g/mol. The highest BCUT2D eigenvalue weighted by Gasteiger charge is 2.19. The Balaban J connectivity index is 2.06. The number of amides is 1. The van der Waals surface area contributed by atoms with Gasteiger partial charge < -0.3 is 15.4 Å². The molecule has 5 nitrogen and oxygen atoms in total. The van der Waals surface area contributed by atoms with Crippen molar-refractivity contribution < 1.29 is 13.9 Å². The van der Waals surface area contributed by atoms with Crippen LogP contribution in [0.5, 0.6) is 0 Å². The highest BCUT2D eigenvalue weighted by Crippen LogP contribution is 2.11. The van der Waals surface area contributed by atoms with Crippen LogP contribution < -0.4 is 5.73 Å². The fourth-order valence-electron chi connectivity index (χ4n) is 2.48. The Morgan fingerprint density at radius 1 is 1.28 bits per heavy atom. The van der Waals surface area contributed by atoms with Crippen LogP contribution in [0.15, 0.2) is 48.7 Å². The van der Waals surface area contributed by atoms with Crippen LogP contribution in [0.4, 0.5) is 4.39 Å². The summed E-state index contributed by atoms with van der Waals surface area (Å²) in [5.41, 5.74) is 7.41. The van der Waals surface area contributed by atoms with Crippen LogP contribution in [0, 0.1) is 5.82 Å². The summed E-state index contributed by atoms with van der Waals surface area (Å²) in [6.07, 6.45) is 2.29. The molecule has 2 rings (SSSR count). The second-order valence-corrected chi connectivity index (χ2v) is 5.81. The van der Waals surface area contributed by atoms with Crippen molar-refractivity contribution >= 4 is 5.91 Å². The van der Waals surface area contributed by atoms with E-state index in [1.807, 2.05) is 18.2 Å². The third-order valence-corrected chi connectivity index (χ3v) is 4.00. The van der Waals surface area contributed by atoms with E-state index >= 15 is 0 Å². The fourth-order valence-corrected chi connectivity index (χ4v) is 2.48. The number of hydrogen-bond acceptors (Lipinski definition) is 4. The van der Waals surface area contributed by atoms with Crippen LogP contribution in [0.25, 0.3) is 0 Å². The van der Waals surface area contributed by atoms with Gasteiger partial charge in [0, 0.05) is 45.1 Å². The Hall–Kier alpha value is -2.31. The van der Waals surface area contributed by atoms with Gasteiger partial charge in [0.2, 0.25) is 5.91 Å². The molecule has 0 saturated carbocycles. The van der Waals surface area contributed by atoms with Gasteiger partial charge in [-0.15, -0.1) is 0 Å². The first-order valence-corrected chi connectivity index (χ1v) is 8.27. The second-order valence-electron chi connectivity index (χ2n) is 5.81. The maximum Gasteiger partial charge on any atom is 0.225 e. The number of pyridine rings is 1. The smallest absolute Gasteiger partial charge is 0.225 e. The van der Waals surface area contributed by atoms with Crippen molar-refractivity contribution in [2.75, 3.05) is 20.2 Å². The largest absolute Gasteiger partial charge is 0.380 e. The first-order chi connectivity index (χ1) is 12.1. The van der Waals surface area contributed by atoms with Crippen LogP contribution >= 0.6 is 0 Å². The SMILES string of the molecule is COC(CN)CC(=O)N(CCc1ccccn1)Cc1ccc(F)cc1. The molecule has 6 heteroatoms. The second kappa shape index (κ2) is 9.86. The van der Waals surface area contributed by atoms with Crippen molar-refractivity contribution in [3.8, 4) is 0 Å². The van der Waals surface area contributed by atoms with E-state index in [0.29, 0.717) is 19.5 Å². The first kappa shape index (κ1) is 19.0. The van der Waals surface area contributed by atoms with Gasteiger partial charge in [-0.3, -0.25) is 9.78 Å². The van der Waals surface area contributed by atoms with E-state index in [1.165, 1.54) is 12.1 Å². The summed E-state index contributed by atoms with van der Waals surface area (Å²) < 4.78 is 18.3. The highest BCUT2D eigenvalue weighted by molar-refractivity contribution is 5.76. The maximum atomic E-state index is 13.1. The number of carbonyl (C=O) groups is 1. The predicted octanol–water partition coefficient (Wildman–Crippen LogP) is 2.16. The highest BCUT2D eigenvalue weighted by atomic mass is 19.1. The van der Waals surface area contributed by atoms with E-state index in [4.69, 9.17) is 10.5 Å². The lowest BCUT2D eigenvalue weighted by atomic mass is 10.1. The quantitative estimate of drug-likeness (QED) is 0.756. The number of nitrogens with two attached hydrogens (primary N) is 1. The minimum atomic E-state index is -0.307. The molecule has 0 saturated heterocycles. The average molecular weight is 345 g/mol. The Kier molecular flexibility index (Phi) is 7.50. The van der Waals surface area contributed by atoms with Crippen molar-refractivity contribution in [2.24, 2.45) is 5.73 Å². The summed E-state index contributed by atoms with van der Waals surface area (Å²) in [6, 6.07) is 11.9. The molecule has 0 radical (unpaired) electrons. The average Bonchev–Trinajstić information content (AvgIpc) is 2.65. The number of aromatic nitrogens is 1. The van der Waals surface area contributed by atoms with Gasteiger partial charge in [0.15, 0.2) is 0 Å². The number of halogens is 1. The summed E-state index contributed by atoms with van der Waals surface area (Å²) in [7, 11) is 1.54. The van der Waals surface area contributed by atoms with E-state index in [2.05, 4.69) is 4.98 Å². The zero-order valence-corrected chi connectivity index (χ0v) is 14.4. The topological polar surface area (TPSA) is 68.5 Å². The molecule has 2 aromatic rings. The lowest BCUT2D eigenvalue weighted by Gasteiger charge is -2.25. The third-order valence-electron chi connectivity index (χ3n) is 4.00. The normalized spacial score (nSPS) is 12.0. The molecule has 1 heterocycles. The first-order valence-electron chi connectivity index (χ1n) is 8.27. The zero-order valence-electron chi connectivity index (χ0n) is 14.4. The summed E-state index contributed by atoms with van der Waals surface area (Å²) in [5, 5.41) is 0. The van der Waals surface area contributed by atoms with Gasteiger partial charge in [0.05, 0.1) is 12.5 Å². The van der Waals surface area contributed by atoms with E-state index in [1.54, 1.807) is 30.3 Å². The number of nitrogens with zero attached hydrogens (tertiary/aromatic N) is 2. The van der Waals surface area contributed by atoms with Gasteiger partial charge in [0.25, 0.3) is 0 Å². The molecule has 0 aliphatic heterocycles. The van der Waals surface area contributed by atoms with Crippen LogP contribution in [0.2, 0.25) is 0 Å². The molecule has 1 amide bonds. The molecule has 0 bridgehead atoms. The number of rotatable bonds is 9. The maximum absolute atomic E-state index is 13.1. The standard InChI is InChI=1S/C19H24FN3O2/c1-25-18(13-21)12-19(24)23(11-9-17-4-2-3-10-22-17)14-15-5-7-16(20)8-6-15/h2-8,10,18H,9,11-14,21H2,1H3. The molecule has 134 valence electrons. The Morgan fingerprint density at radius 2 is 2.04 bits per heavy atom. The van der Waals surface area contributed by atoms with Crippen molar-refractivity contribution in [1.82, 2.24) is 9.88 Å². The number of ether oxygens (including phenoxy) is 1. The van der Waals surface area contributed by atoms with Crippen LogP contribution in [0.1, 0.15) is 17.7 Å². The number of hydrogen-bond donors (Lipinski definition) is 1. The van der Waals surface area contributed by atoms with E-state index < -0.39 is 0 Å². The summed E-state index contributed by atoms with van der Waals surface area (Å²) in [4.78, 5) is 18.7. The molecular formula is C19H24FN3O2. The van der Waals surface area contributed by atoms with Gasteiger partial charge >= 0.3 is 0 Å². The summed E-state index contributed by atoms with van der Waals surface area (Å²) in [6.45, 7) is 1.22. The molecule has 0 aliphatic rings. The number of benzene rings is 1. The lowest BCUT2D eigenvalue weighted by Crippen LogP contribution is -2.37. The molecule has 2 N–H and O–H groups in total. The van der Waals surface area contributed by atoms with Crippen molar-refractivity contribution in [2.45, 2.75) is 25.5 Å². The Labute approximate surface area is 147 Å². The molecule has 1 unspecified atom stereocenters. The molecule has 0 aliphatic carbocycles. The molecule has 0 spiro atoms. The van der Waals surface area contributed by atoms with E-state index in [9.17, 15) is 9.18 Å². The predicted molar refractivity (Wildman–Crippen MR) is 94.2 cm³/mol. The molecule has 1 aromatic carbocycles. The lowest BCUT2D eigenvalue weighted by molar-refractivity contribution is -0.134. The number of carbonyl (C=O) groups excluding carboxylic acids is 1. The summed E-state index contributed by atoms with van der Waals surface area (Å²) >= 11 is 0. The van der Waals surface area contributed by atoms with Gasteiger partial charge in [-0.1, -0.05) is 18.2 Å². The fraction of sp³-hybridized carbons (Fsp3) is 0.368. The third kappa shape index (κ3) is 6.25.